The van der Waals surface area contributed by atoms with Crippen LogP contribution in [0.3, 0.4) is 0 Å². The number of hydrogen-bond acceptors (Lipinski definition) is 1. The summed E-state index contributed by atoms with van der Waals surface area (Å²) in [4.78, 5) is 4.27. The predicted octanol–water partition coefficient (Wildman–Crippen LogP) is 1.95. The average Bonchev–Trinajstić information content (AvgIpc) is 2.08. The van der Waals surface area contributed by atoms with Crippen LogP contribution in [0.1, 0.15) is 36.6 Å². The first-order valence-electron chi connectivity index (χ1n) is 4.45. The lowest BCUT2D eigenvalue weighted by Crippen LogP contribution is -2.15. The van der Waals surface area contributed by atoms with E-state index >= 15 is 0 Å². The zero-order valence-corrected chi connectivity index (χ0v) is 8.46. The highest BCUT2D eigenvalue weighted by Gasteiger charge is 2.07. The van der Waals surface area contributed by atoms with E-state index in [9.17, 15) is 0 Å². The van der Waals surface area contributed by atoms with Crippen molar-refractivity contribution in [3.8, 4) is 0 Å². The van der Waals surface area contributed by atoms with E-state index in [0.29, 0.717) is 11.5 Å². The smallest absolute Gasteiger partial charge is 0.142 e. The Bertz CT molecular complexity index is 329. The number of aromatic nitrogens is 1. The van der Waals surface area contributed by atoms with Crippen molar-refractivity contribution in [2.75, 3.05) is 0 Å². The van der Waals surface area contributed by atoms with E-state index in [1.54, 1.807) is 6.08 Å². The Morgan fingerprint density at radius 3 is 2.62 bits per heavy atom. The minimum absolute atomic E-state index is 0.458. The maximum atomic E-state index is 5.71. The van der Waals surface area contributed by atoms with Gasteiger partial charge in [0.25, 0.3) is 0 Å². The molecule has 1 rings (SSSR count). The first-order valence-corrected chi connectivity index (χ1v) is 4.45. The summed E-state index contributed by atoms with van der Waals surface area (Å²) in [5, 5.41) is 0. The summed E-state index contributed by atoms with van der Waals surface area (Å²) in [5.74, 6) is 0.458. The van der Waals surface area contributed by atoms with Gasteiger partial charge in [-0.1, -0.05) is 26.5 Å². The van der Waals surface area contributed by atoms with E-state index in [2.05, 4.69) is 31.5 Å². The number of nitrogens with zero attached hydrogens (tertiary/aromatic N) is 1. The van der Waals surface area contributed by atoms with Gasteiger partial charge in [0.15, 0.2) is 0 Å². The minimum atomic E-state index is 0.458. The Hall–Kier alpha value is -1.05. The molecule has 1 aromatic rings. The topological polar surface area (TPSA) is 12.9 Å². The third-order valence-electron chi connectivity index (χ3n) is 2.13. The molecule has 13 heavy (non-hydrogen) atoms. The standard InChI is InChI=1S/C11H14BN/c1-5-10-9(7(2)3)6-8(4)11(12)13-10/h5-7H,1H2,2-4H3. The molecule has 0 spiro atoms. The average molecular weight is 171 g/mol. The SMILES string of the molecule is [B]c1nc(C=C)c(C(C)C)cc1C. The van der Waals surface area contributed by atoms with Crippen molar-refractivity contribution >= 4 is 19.5 Å². The van der Waals surface area contributed by atoms with E-state index in [1.807, 2.05) is 6.92 Å². The number of rotatable bonds is 2. The fraction of sp³-hybridized carbons (Fsp3) is 0.364. The van der Waals surface area contributed by atoms with Gasteiger partial charge in [0.05, 0.1) is 5.69 Å². The highest BCUT2D eigenvalue weighted by atomic mass is 14.7. The van der Waals surface area contributed by atoms with Crippen LogP contribution >= 0.6 is 0 Å². The van der Waals surface area contributed by atoms with E-state index in [-0.39, 0.29) is 0 Å². The second kappa shape index (κ2) is 3.78. The van der Waals surface area contributed by atoms with Gasteiger partial charge in [0.2, 0.25) is 0 Å². The van der Waals surface area contributed by atoms with Crippen LogP contribution in [-0.4, -0.2) is 12.8 Å². The quantitative estimate of drug-likeness (QED) is 0.619. The molecule has 0 aliphatic carbocycles. The van der Waals surface area contributed by atoms with Crippen LogP contribution in [0.25, 0.3) is 6.08 Å². The van der Waals surface area contributed by atoms with E-state index in [0.717, 1.165) is 11.3 Å². The molecule has 0 fully saturated rings. The molecule has 0 amide bonds. The fourth-order valence-corrected chi connectivity index (χ4v) is 1.29. The second-order valence-electron chi connectivity index (χ2n) is 3.52. The molecular weight excluding hydrogens is 157 g/mol. The van der Waals surface area contributed by atoms with Crippen molar-refractivity contribution in [2.24, 2.45) is 0 Å². The number of aryl methyl sites for hydroxylation is 1. The molecule has 1 aromatic heterocycles. The summed E-state index contributed by atoms with van der Waals surface area (Å²) in [6.07, 6.45) is 1.76. The van der Waals surface area contributed by atoms with Gasteiger partial charge < -0.3 is 0 Å². The van der Waals surface area contributed by atoms with Gasteiger partial charge in [0, 0.05) is 0 Å². The Kier molecular flexibility index (Phi) is 2.92. The van der Waals surface area contributed by atoms with E-state index < -0.39 is 0 Å². The minimum Gasteiger partial charge on any atom is -0.264 e. The zero-order valence-electron chi connectivity index (χ0n) is 8.46. The number of pyridine rings is 1. The lowest BCUT2D eigenvalue weighted by atomic mass is 9.92. The maximum Gasteiger partial charge on any atom is 0.142 e. The van der Waals surface area contributed by atoms with Crippen molar-refractivity contribution in [3.63, 3.8) is 0 Å². The van der Waals surface area contributed by atoms with Crippen LogP contribution in [0.2, 0.25) is 0 Å². The molecule has 1 nitrogen and oxygen atoms in total. The maximum absolute atomic E-state index is 5.71. The van der Waals surface area contributed by atoms with Gasteiger partial charge in [-0.15, -0.1) is 0 Å². The molecular formula is C11H14BN. The fourth-order valence-electron chi connectivity index (χ4n) is 1.29. The summed E-state index contributed by atoms with van der Waals surface area (Å²) in [5.41, 5.74) is 3.74. The monoisotopic (exact) mass is 171 g/mol. The van der Waals surface area contributed by atoms with Crippen molar-refractivity contribution in [3.05, 3.63) is 29.5 Å². The molecule has 0 aliphatic rings. The summed E-state index contributed by atoms with van der Waals surface area (Å²) >= 11 is 0. The lowest BCUT2D eigenvalue weighted by molar-refractivity contribution is 0.854. The molecule has 0 aliphatic heterocycles. The molecule has 2 heteroatoms. The van der Waals surface area contributed by atoms with Crippen LogP contribution in [0.15, 0.2) is 12.6 Å². The molecule has 0 saturated carbocycles. The summed E-state index contributed by atoms with van der Waals surface area (Å²) in [7, 11) is 5.71. The molecule has 0 bridgehead atoms. The van der Waals surface area contributed by atoms with Crippen LogP contribution in [0.5, 0.6) is 0 Å². The Labute approximate surface area is 81.3 Å². The van der Waals surface area contributed by atoms with Crippen LogP contribution in [0.4, 0.5) is 0 Å². The highest BCUT2D eigenvalue weighted by molar-refractivity contribution is 6.31. The van der Waals surface area contributed by atoms with Gasteiger partial charge in [-0.2, -0.15) is 0 Å². The van der Waals surface area contributed by atoms with Gasteiger partial charge >= 0.3 is 0 Å². The zero-order chi connectivity index (χ0) is 10.0. The molecule has 1 heterocycles. The van der Waals surface area contributed by atoms with Gasteiger partial charge in [-0.25, -0.2) is 0 Å². The van der Waals surface area contributed by atoms with Gasteiger partial charge in [-0.05, 0) is 35.6 Å². The molecule has 0 atom stereocenters. The summed E-state index contributed by atoms with van der Waals surface area (Å²) in [6.45, 7) is 9.98. The highest BCUT2D eigenvalue weighted by Crippen LogP contribution is 2.18. The normalized spacial score (nSPS) is 10.5. The van der Waals surface area contributed by atoms with Crippen molar-refractivity contribution in [1.82, 2.24) is 4.98 Å². The summed E-state index contributed by atoms with van der Waals surface area (Å²) in [6, 6.07) is 2.09. The molecule has 0 unspecified atom stereocenters. The first kappa shape index (κ1) is 10.0. The second-order valence-corrected chi connectivity index (χ2v) is 3.52. The van der Waals surface area contributed by atoms with Crippen LogP contribution in [0, 0.1) is 6.92 Å². The van der Waals surface area contributed by atoms with Gasteiger partial charge in [-0.3, -0.25) is 4.98 Å². The van der Waals surface area contributed by atoms with Crippen molar-refractivity contribution in [1.29, 1.82) is 0 Å². The lowest BCUT2D eigenvalue weighted by Gasteiger charge is -2.12. The van der Waals surface area contributed by atoms with E-state index in [1.165, 1.54) is 5.56 Å². The predicted molar refractivity (Wildman–Crippen MR) is 58.5 cm³/mol. The molecule has 0 aromatic carbocycles. The third kappa shape index (κ3) is 2.00. The molecule has 0 saturated heterocycles. The largest absolute Gasteiger partial charge is 0.264 e. The Morgan fingerprint density at radius 1 is 1.54 bits per heavy atom. The Morgan fingerprint density at radius 2 is 2.15 bits per heavy atom. The summed E-state index contributed by atoms with van der Waals surface area (Å²) < 4.78 is 0. The van der Waals surface area contributed by atoms with Crippen LogP contribution < -0.4 is 5.59 Å². The Balaban J connectivity index is 3.32. The van der Waals surface area contributed by atoms with Crippen molar-refractivity contribution in [2.45, 2.75) is 26.7 Å². The third-order valence-corrected chi connectivity index (χ3v) is 2.13. The van der Waals surface area contributed by atoms with Gasteiger partial charge in [0.1, 0.15) is 7.85 Å². The molecule has 66 valence electrons. The van der Waals surface area contributed by atoms with Crippen molar-refractivity contribution < 1.29 is 0 Å². The molecule has 0 N–H and O–H groups in total. The van der Waals surface area contributed by atoms with E-state index in [4.69, 9.17) is 7.85 Å². The molecule has 2 radical (unpaired) electrons. The van der Waals surface area contributed by atoms with Crippen LogP contribution in [-0.2, 0) is 0 Å². The number of hydrogen-bond donors (Lipinski definition) is 0. The first-order chi connectivity index (χ1) is 6.06.